The second kappa shape index (κ2) is 10.6. The molecule has 35 heavy (non-hydrogen) atoms. The number of ether oxygens (including phenoxy) is 1. The van der Waals surface area contributed by atoms with Crippen LogP contribution in [0.1, 0.15) is 85.5 Å². The number of nitrogens with zero attached hydrogens (tertiary/aromatic N) is 2. The summed E-state index contributed by atoms with van der Waals surface area (Å²) in [6.07, 6.45) is 9.22. The topological polar surface area (TPSA) is 61.9 Å². The van der Waals surface area contributed by atoms with Crippen LogP contribution in [0, 0.1) is 34.5 Å². The van der Waals surface area contributed by atoms with Gasteiger partial charge in [0.25, 0.3) is 0 Å². The van der Waals surface area contributed by atoms with Crippen molar-refractivity contribution in [2.45, 2.75) is 91.5 Å². The van der Waals surface area contributed by atoms with Crippen LogP contribution in [0.25, 0.3) is 0 Å². The number of carbonyl (C=O) groups excluding carboxylic acids is 2. The zero-order valence-electron chi connectivity index (χ0n) is 22.6. The standard InChI is InChI=1S/C28H47N3O3S/c1-6-29-26(35)31(17-8-18-34-7-2)25(33)22-11-10-20-19-9-12-23-28(4,16-14-24(32)30(23)5)21(19)13-15-27(20,22)3/h19-23H,6-18H2,1-5H3,(H,29,35)/t19-,20-,21+,22?,23?,27-,28+/m0/s1. The Hall–Kier alpha value is -1.21. The smallest absolute Gasteiger partial charge is 0.232 e. The van der Waals surface area contributed by atoms with Crippen LogP contribution in [-0.2, 0) is 14.3 Å². The maximum absolute atomic E-state index is 14.0. The summed E-state index contributed by atoms with van der Waals surface area (Å²) in [7, 11) is 2.02. The highest BCUT2D eigenvalue weighted by molar-refractivity contribution is 7.80. The van der Waals surface area contributed by atoms with Gasteiger partial charge in [-0.1, -0.05) is 13.8 Å². The fourth-order valence-electron chi connectivity index (χ4n) is 8.77. The average Bonchev–Trinajstić information content (AvgIpc) is 3.19. The van der Waals surface area contributed by atoms with Gasteiger partial charge in [-0.15, -0.1) is 0 Å². The van der Waals surface area contributed by atoms with Gasteiger partial charge in [-0.25, -0.2) is 0 Å². The van der Waals surface area contributed by atoms with Gasteiger partial charge in [0.15, 0.2) is 5.11 Å². The molecule has 3 saturated carbocycles. The number of hydrogen-bond donors (Lipinski definition) is 1. The first kappa shape index (κ1) is 26.8. The molecular formula is C28H47N3O3S. The van der Waals surface area contributed by atoms with Crippen molar-refractivity contribution in [3.8, 4) is 0 Å². The Morgan fingerprint density at radius 1 is 1.11 bits per heavy atom. The summed E-state index contributed by atoms with van der Waals surface area (Å²) in [5.41, 5.74) is 0.255. The normalized spacial score (nSPS) is 38.4. The van der Waals surface area contributed by atoms with Crippen molar-refractivity contribution < 1.29 is 14.3 Å². The molecule has 1 saturated heterocycles. The molecule has 1 heterocycles. The molecule has 1 aliphatic heterocycles. The van der Waals surface area contributed by atoms with Gasteiger partial charge < -0.3 is 15.0 Å². The van der Waals surface area contributed by atoms with E-state index in [-0.39, 0.29) is 22.7 Å². The Morgan fingerprint density at radius 3 is 2.57 bits per heavy atom. The number of likely N-dealkylation sites (tertiary alicyclic amines) is 1. The summed E-state index contributed by atoms with van der Waals surface area (Å²) in [5.74, 6) is 2.50. The number of thiocarbonyl (C=S) groups is 1. The predicted octanol–water partition coefficient (Wildman–Crippen LogP) is 4.62. The van der Waals surface area contributed by atoms with Crippen LogP contribution in [0.3, 0.4) is 0 Å². The largest absolute Gasteiger partial charge is 0.382 e. The third-order valence-corrected chi connectivity index (χ3v) is 10.9. The van der Waals surface area contributed by atoms with Crippen LogP contribution in [0.15, 0.2) is 0 Å². The number of rotatable bonds is 7. The first-order chi connectivity index (χ1) is 16.7. The average molecular weight is 506 g/mol. The number of nitrogens with one attached hydrogen (secondary N) is 1. The van der Waals surface area contributed by atoms with E-state index in [4.69, 9.17) is 17.0 Å². The fourth-order valence-corrected chi connectivity index (χ4v) is 9.10. The predicted molar refractivity (Wildman–Crippen MR) is 143 cm³/mol. The molecule has 4 rings (SSSR count). The van der Waals surface area contributed by atoms with Crippen molar-refractivity contribution in [1.82, 2.24) is 15.1 Å². The van der Waals surface area contributed by atoms with E-state index in [2.05, 4.69) is 24.1 Å². The van der Waals surface area contributed by atoms with Gasteiger partial charge >= 0.3 is 0 Å². The van der Waals surface area contributed by atoms with Crippen molar-refractivity contribution >= 4 is 29.1 Å². The highest BCUT2D eigenvalue weighted by Gasteiger charge is 2.62. The van der Waals surface area contributed by atoms with Crippen LogP contribution in [0.5, 0.6) is 0 Å². The van der Waals surface area contributed by atoms with Crippen molar-refractivity contribution in [2.75, 3.05) is 33.4 Å². The summed E-state index contributed by atoms with van der Waals surface area (Å²) >= 11 is 5.66. The Labute approximate surface area is 217 Å². The Balaban J connectivity index is 1.51. The maximum atomic E-state index is 14.0. The minimum atomic E-state index is 0.0395. The SMILES string of the molecule is CCNC(=S)N(CCCOCC)C(=O)C1CC[C@H]2[C@@H]3CCC4N(C)C(=O)CC[C@]4(C)[C@@H]3CC[C@]12C. The first-order valence-corrected chi connectivity index (χ1v) is 14.5. The molecule has 198 valence electrons. The molecule has 2 unspecified atom stereocenters. The van der Waals surface area contributed by atoms with Crippen LogP contribution < -0.4 is 5.32 Å². The Bertz CT molecular complexity index is 821. The third kappa shape index (κ3) is 4.65. The van der Waals surface area contributed by atoms with Gasteiger partial charge in [-0.05, 0) is 106 Å². The quantitative estimate of drug-likeness (QED) is 0.404. The molecule has 4 aliphatic rings. The van der Waals surface area contributed by atoms with E-state index >= 15 is 0 Å². The molecule has 0 aromatic heterocycles. The van der Waals surface area contributed by atoms with E-state index in [1.165, 1.54) is 12.8 Å². The van der Waals surface area contributed by atoms with Crippen molar-refractivity contribution in [2.24, 2.45) is 34.5 Å². The molecule has 0 aromatic carbocycles. The molecule has 6 nitrogen and oxygen atoms in total. The van der Waals surface area contributed by atoms with Crippen molar-refractivity contribution in [3.63, 3.8) is 0 Å². The number of hydrogen-bond acceptors (Lipinski definition) is 4. The zero-order valence-corrected chi connectivity index (χ0v) is 23.4. The van der Waals surface area contributed by atoms with Gasteiger partial charge in [-0.3, -0.25) is 14.5 Å². The fraction of sp³-hybridized carbons (Fsp3) is 0.893. The van der Waals surface area contributed by atoms with Gasteiger partial charge in [0, 0.05) is 51.7 Å². The third-order valence-electron chi connectivity index (χ3n) is 10.6. The van der Waals surface area contributed by atoms with Crippen LogP contribution in [0.4, 0.5) is 0 Å². The molecule has 0 aromatic rings. The van der Waals surface area contributed by atoms with Crippen LogP contribution in [0.2, 0.25) is 0 Å². The molecule has 0 spiro atoms. The molecular weight excluding hydrogens is 458 g/mol. The van der Waals surface area contributed by atoms with E-state index in [1.54, 1.807) is 0 Å². The van der Waals surface area contributed by atoms with E-state index < -0.39 is 0 Å². The molecule has 4 fully saturated rings. The molecule has 2 amide bonds. The molecule has 1 N–H and O–H groups in total. The lowest BCUT2D eigenvalue weighted by Crippen LogP contribution is -2.61. The van der Waals surface area contributed by atoms with Crippen molar-refractivity contribution in [1.29, 1.82) is 0 Å². The zero-order chi connectivity index (χ0) is 25.4. The maximum Gasteiger partial charge on any atom is 0.232 e. The minimum Gasteiger partial charge on any atom is -0.382 e. The van der Waals surface area contributed by atoms with Crippen LogP contribution >= 0.6 is 12.2 Å². The lowest BCUT2D eigenvalue weighted by molar-refractivity contribution is -0.160. The van der Waals surface area contributed by atoms with Crippen LogP contribution in [-0.4, -0.2) is 66.1 Å². The molecule has 0 radical (unpaired) electrons. The number of piperidine rings is 1. The van der Waals surface area contributed by atoms with Gasteiger partial charge in [0.2, 0.25) is 11.8 Å². The Morgan fingerprint density at radius 2 is 1.86 bits per heavy atom. The number of amides is 2. The second-order valence-corrected chi connectivity index (χ2v) is 12.4. The molecule has 7 heteroatoms. The van der Waals surface area contributed by atoms with Gasteiger partial charge in [0.1, 0.15) is 0 Å². The molecule has 3 aliphatic carbocycles. The highest BCUT2D eigenvalue weighted by atomic mass is 32.1. The summed E-state index contributed by atoms with van der Waals surface area (Å²) < 4.78 is 5.53. The lowest BCUT2D eigenvalue weighted by atomic mass is 9.47. The van der Waals surface area contributed by atoms with Crippen molar-refractivity contribution in [3.05, 3.63) is 0 Å². The first-order valence-electron chi connectivity index (χ1n) is 14.1. The highest BCUT2D eigenvalue weighted by Crippen LogP contribution is 2.66. The summed E-state index contributed by atoms with van der Waals surface area (Å²) in [6.45, 7) is 11.6. The van der Waals surface area contributed by atoms with E-state index in [0.29, 0.717) is 61.0 Å². The van der Waals surface area contributed by atoms with E-state index in [9.17, 15) is 9.59 Å². The van der Waals surface area contributed by atoms with Gasteiger partial charge in [0.05, 0.1) is 0 Å². The number of fused-ring (bicyclic) bond motifs is 5. The van der Waals surface area contributed by atoms with Gasteiger partial charge in [-0.2, -0.15) is 0 Å². The lowest BCUT2D eigenvalue weighted by Gasteiger charge is -2.61. The monoisotopic (exact) mass is 505 g/mol. The minimum absolute atomic E-state index is 0.0395. The summed E-state index contributed by atoms with van der Waals surface area (Å²) in [6, 6.07) is 0.381. The molecule has 0 bridgehead atoms. The van der Waals surface area contributed by atoms with E-state index in [1.807, 2.05) is 25.8 Å². The summed E-state index contributed by atoms with van der Waals surface area (Å²) in [5, 5.41) is 3.80. The molecule has 7 atom stereocenters. The summed E-state index contributed by atoms with van der Waals surface area (Å²) in [4.78, 5) is 30.4. The number of carbonyl (C=O) groups is 2. The second-order valence-electron chi connectivity index (χ2n) is 12.0. The Kier molecular flexibility index (Phi) is 8.16. The van der Waals surface area contributed by atoms with E-state index in [0.717, 1.165) is 45.1 Å².